The van der Waals surface area contributed by atoms with Crippen LogP contribution in [-0.4, -0.2) is 36.0 Å². The average molecular weight is 408 g/mol. The number of anilines is 1. The lowest BCUT2D eigenvalue weighted by Gasteiger charge is -2.10. The largest absolute Gasteiger partial charge is 0.465 e. The second-order valence-corrected chi connectivity index (χ2v) is 6.21. The van der Waals surface area contributed by atoms with Gasteiger partial charge in [-0.2, -0.15) is 0 Å². The van der Waals surface area contributed by atoms with Gasteiger partial charge in [-0.1, -0.05) is 6.07 Å². The number of esters is 1. The number of rotatable bonds is 7. The zero-order valence-electron chi connectivity index (χ0n) is 11.1. The number of amides is 1. The van der Waals surface area contributed by atoms with Crippen LogP contribution in [0.4, 0.5) is 5.69 Å². The number of nitrogens with two attached hydrogens (primary N) is 1. The van der Waals surface area contributed by atoms with Crippen LogP contribution in [0.1, 0.15) is 6.92 Å². The molecular formula is C13H17IN2O3S. The highest BCUT2D eigenvalue weighted by Gasteiger charge is 2.15. The Kier molecular flexibility index (Phi) is 7.93. The van der Waals surface area contributed by atoms with Crippen LogP contribution in [-0.2, 0) is 14.3 Å². The van der Waals surface area contributed by atoms with E-state index in [0.717, 1.165) is 9.26 Å². The normalized spacial score (nSPS) is 11.8. The fraction of sp³-hybridized carbons (Fsp3) is 0.385. The van der Waals surface area contributed by atoms with E-state index in [4.69, 9.17) is 10.5 Å². The monoisotopic (exact) mass is 408 g/mol. The number of benzene rings is 1. The van der Waals surface area contributed by atoms with Crippen LogP contribution in [0.25, 0.3) is 0 Å². The van der Waals surface area contributed by atoms with Gasteiger partial charge in [0, 0.05) is 15.0 Å². The summed E-state index contributed by atoms with van der Waals surface area (Å²) in [4.78, 5) is 23.0. The Balaban J connectivity index is 2.28. The first-order valence-corrected chi connectivity index (χ1v) is 8.31. The van der Waals surface area contributed by atoms with Gasteiger partial charge in [0.15, 0.2) is 0 Å². The summed E-state index contributed by atoms with van der Waals surface area (Å²) in [5.41, 5.74) is 6.40. The highest BCUT2D eigenvalue weighted by atomic mass is 127. The average Bonchev–Trinajstić information content (AvgIpc) is 2.38. The van der Waals surface area contributed by atoms with Gasteiger partial charge >= 0.3 is 5.97 Å². The van der Waals surface area contributed by atoms with Gasteiger partial charge in [-0.3, -0.25) is 9.59 Å². The summed E-state index contributed by atoms with van der Waals surface area (Å²) in [7, 11) is 0. The number of nitrogens with one attached hydrogen (secondary N) is 1. The maximum Gasteiger partial charge on any atom is 0.323 e. The van der Waals surface area contributed by atoms with Crippen molar-refractivity contribution < 1.29 is 14.3 Å². The molecule has 5 nitrogen and oxygen atoms in total. The molecular weight excluding hydrogens is 391 g/mol. The Hall–Kier alpha value is -0.800. The van der Waals surface area contributed by atoms with Gasteiger partial charge < -0.3 is 15.8 Å². The van der Waals surface area contributed by atoms with Crippen LogP contribution in [0, 0.1) is 3.57 Å². The zero-order valence-corrected chi connectivity index (χ0v) is 14.1. The van der Waals surface area contributed by atoms with Crippen molar-refractivity contribution in [1.82, 2.24) is 0 Å². The van der Waals surface area contributed by atoms with E-state index in [1.165, 1.54) is 11.8 Å². The molecule has 3 N–H and O–H groups in total. The Labute approximate surface area is 136 Å². The number of halogens is 1. The molecule has 1 atom stereocenters. The standard InChI is InChI=1S/C13H17IN2O3S/c1-2-19-13(18)11(15)7-20-8-12(17)16-10-5-3-4-9(14)6-10/h3-6,11H,2,7-8,15H2,1H3,(H,16,17). The van der Waals surface area contributed by atoms with Crippen LogP contribution in [0.3, 0.4) is 0 Å². The zero-order chi connectivity index (χ0) is 15.0. The second-order valence-electron chi connectivity index (χ2n) is 3.93. The summed E-state index contributed by atoms with van der Waals surface area (Å²) in [5, 5.41) is 2.79. The minimum Gasteiger partial charge on any atom is -0.465 e. The SMILES string of the molecule is CCOC(=O)C(N)CSCC(=O)Nc1cccc(I)c1. The third-order valence-corrected chi connectivity index (χ3v) is 3.96. The molecule has 20 heavy (non-hydrogen) atoms. The van der Waals surface area contributed by atoms with Crippen molar-refractivity contribution in [2.45, 2.75) is 13.0 Å². The van der Waals surface area contributed by atoms with E-state index in [9.17, 15) is 9.59 Å². The molecule has 0 heterocycles. The van der Waals surface area contributed by atoms with Crippen molar-refractivity contribution in [2.75, 3.05) is 23.4 Å². The molecule has 0 spiro atoms. The Morgan fingerprint density at radius 2 is 2.25 bits per heavy atom. The molecule has 1 rings (SSSR count). The Morgan fingerprint density at radius 1 is 1.50 bits per heavy atom. The van der Waals surface area contributed by atoms with E-state index in [2.05, 4.69) is 27.9 Å². The maximum absolute atomic E-state index is 11.7. The predicted molar refractivity (Wildman–Crippen MR) is 89.7 cm³/mol. The Morgan fingerprint density at radius 3 is 2.90 bits per heavy atom. The molecule has 1 amide bonds. The number of hydrogen-bond acceptors (Lipinski definition) is 5. The molecule has 0 aliphatic carbocycles. The third kappa shape index (κ3) is 6.58. The predicted octanol–water partition coefficient (Wildman–Crippen LogP) is 1.85. The van der Waals surface area contributed by atoms with Gasteiger partial charge in [0.05, 0.1) is 12.4 Å². The summed E-state index contributed by atoms with van der Waals surface area (Å²) in [6, 6.07) is 6.85. The van der Waals surface area contributed by atoms with Gasteiger partial charge in [-0.05, 0) is 47.7 Å². The van der Waals surface area contributed by atoms with E-state index in [1.807, 2.05) is 24.3 Å². The lowest BCUT2D eigenvalue weighted by atomic mass is 10.3. The molecule has 1 aromatic carbocycles. The van der Waals surface area contributed by atoms with Gasteiger partial charge in [0.25, 0.3) is 0 Å². The van der Waals surface area contributed by atoms with E-state index in [-0.39, 0.29) is 11.7 Å². The van der Waals surface area contributed by atoms with Crippen molar-refractivity contribution in [3.8, 4) is 0 Å². The van der Waals surface area contributed by atoms with E-state index < -0.39 is 12.0 Å². The van der Waals surface area contributed by atoms with Crippen LogP contribution in [0.5, 0.6) is 0 Å². The van der Waals surface area contributed by atoms with Crippen LogP contribution >= 0.6 is 34.4 Å². The number of carbonyl (C=O) groups is 2. The van der Waals surface area contributed by atoms with Gasteiger partial charge in [-0.15, -0.1) is 11.8 Å². The smallest absolute Gasteiger partial charge is 0.323 e. The molecule has 7 heteroatoms. The maximum atomic E-state index is 11.7. The first-order valence-electron chi connectivity index (χ1n) is 6.08. The first-order chi connectivity index (χ1) is 9.52. The molecule has 1 aromatic rings. The van der Waals surface area contributed by atoms with Crippen molar-refractivity contribution >= 4 is 51.9 Å². The van der Waals surface area contributed by atoms with E-state index in [0.29, 0.717) is 12.4 Å². The summed E-state index contributed by atoms with van der Waals surface area (Å²) in [6.07, 6.45) is 0. The lowest BCUT2D eigenvalue weighted by Crippen LogP contribution is -2.35. The first kappa shape index (κ1) is 17.3. The van der Waals surface area contributed by atoms with E-state index >= 15 is 0 Å². The molecule has 110 valence electrons. The molecule has 0 saturated heterocycles. The number of ether oxygens (including phenoxy) is 1. The van der Waals surface area contributed by atoms with Crippen molar-refractivity contribution in [3.05, 3.63) is 27.8 Å². The van der Waals surface area contributed by atoms with Gasteiger partial charge in [0.1, 0.15) is 6.04 Å². The molecule has 0 aliphatic rings. The van der Waals surface area contributed by atoms with Crippen LogP contribution in [0.2, 0.25) is 0 Å². The van der Waals surface area contributed by atoms with E-state index in [1.54, 1.807) is 6.92 Å². The summed E-state index contributed by atoms with van der Waals surface area (Å²) < 4.78 is 5.84. The van der Waals surface area contributed by atoms with Gasteiger partial charge in [0.2, 0.25) is 5.91 Å². The molecule has 0 saturated carbocycles. The van der Waals surface area contributed by atoms with Crippen molar-refractivity contribution in [3.63, 3.8) is 0 Å². The fourth-order valence-corrected chi connectivity index (χ4v) is 2.67. The summed E-state index contributed by atoms with van der Waals surface area (Å²) in [5.74, 6) is 0.0584. The minimum absolute atomic E-state index is 0.118. The number of carbonyl (C=O) groups excluding carboxylic acids is 2. The van der Waals surface area contributed by atoms with Gasteiger partial charge in [-0.25, -0.2) is 0 Å². The molecule has 0 fully saturated rings. The lowest BCUT2D eigenvalue weighted by molar-refractivity contribution is -0.144. The minimum atomic E-state index is -0.689. The topological polar surface area (TPSA) is 81.4 Å². The van der Waals surface area contributed by atoms with Crippen molar-refractivity contribution in [2.24, 2.45) is 5.73 Å². The second kappa shape index (κ2) is 9.19. The summed E-state index contributed by atoms with van der Waals surface area (Å²) >= 11 is 3.49. The summed E-state index contributed by atoms with van der Waals surface area (Å²) in [6.45, 7) is 2.04. The highest BCUT2D eigenvalue weighted by Crippen LogP contribution is 2.13. The Bertz CT molecular complexity index is 471. The molecule has 0 bridgehead atoms. The molecule has 0 radical (unpaired) electrons. The number of hydrogen-bond donors (Lipinski definition) is 2. The molecule has 0 aliphatic heterocycles. The number of thioether (sulfide) groups is 1. The van der Waals surface area contributed by atoms with Crippen molar-refractivity contribution in [1.29, 1.82) is 0 Å². The molecule has 1 unspecified atom stereocenters. The quantitative estimate of drug-likeness (QED) is 0.532. The molecule has 0 aromatic heterocycles. The van der Waals surface area contributed by atoms with Crippen LogP contribution in [0.15, 0.2) is 24.3 Å². The third-order valence-electron chi connectivity index (χ3n) is 2.23. The van der Waals surface area contributed by atoms with Crippen LogP contribution < -0.4 is 11.1 Å². The highest BCUT2D eigenvalue weighted by molar-refractivity contribution is 14.1. The fourth-order valence-electron chi connectivity index (χ4n) is 1.36.